The third-order valence-corrected chi connectivity index (χ3v) is 4.14. The summed E-state index contributed by atoms with van der Waals surface area (Å²) >= 11 is 1.79. The van der Waals surface area contributed by atoms with Gasteiger partial charge in [0.15, 0.2) is 0 Å². The molecule has 2 heterocycles. The number of hydrogen-bond acceptors (Lipinski definition) is 5. The Morgan fingerprint density at radius 2 is 2.11 bits per heavy atom. The molecule has 19 heavy (non-hydrogen) atoms. The van der Waals surface area contributed by atoms with Crippen LogP contribution in [0.4, 0.5) is 5.95 Å². The Kier molecular flexibility index (Phi) is 3.75. The van der Waals surface area contributed by atoms with Gasteiger partial charge in [0, 0.05) is 23.3 Å². The molecular formula is C14H18N4S. The summed E-state index contributed by atoms with van der Waals surface area (Å²) in [7, 11) is 0. The summed E-state index contributed by atoms with van der Waals surface area (Å²) in [5.41, 5.74) is 6.65. The molecule has 2 aromatic heterocycles. The minimum Gasteiger partial charge on any atom is -0.333 e. The average molecular weight is 274 g/mol. The Hall–Kier alpha value is -1.46. The minimum absolute atomic E-state index is 0.613. The van der Waals surface area contributed by atoms with Crippen LogP contribution >= 0.6 is 11.3 Å². The predicted molar refractivity (Wildman–Crippen MR) is 78.3 cm³/mol. The van der Waals surface area contributed by atoms with Gasteiger partial charge in [-0.25, -0.2) is 9.97 Å². The number of nitrogens with zero attached hydrogens (tertiary/aromatic N) is 3. The van der Waals surface area contributed by atoms with E-state index in [0.717, 1.165) is 24.5 Å². The van der Waals surface area contributed by atoms with Crippen LogP contribution in [0, 0.1) is 0 Å². The van der Waals surface area contributed by atoms with E-state index in [1.54, 1.807) is 11.3 Å². The number of thiophene rings is 1. The van der Waals surface area contributed by atoms with E-state index in [0.29, 0.717) is 12.6 Å². The van der Waals surface area contributed by atoms with Crippen molar-refractivity contribution in [2.45, 2.75) is 31.8 Å². The van der Waals surface area contributed by atoms with Crippen molar-refractivity contribution >= 4 is 17.3 Å². The SMILES string of the molecule is NCCc1cnc(N(Cc2cccs2)C2CC2)nc1. The van der Waals surface area contributed by atoms with Crippen LogP contribution in [0.5, 0.6) is 0 Å². The Balaban J connectivity index is 1.76. The van der Waals surface area contributed by atoms with E-state index in [1.165, 1.54) is 17.7 Å². The molecule has 1 saturated carbocycles. The van der Waals surface area contributed by atoms with Crippen molar-refractivity contribution in [1.29, 1.82) is 0 Å². The zero-order valence-electron chi connectivity index (χ0n) is 10.8. The van der Waals surface area contributed by atoms with Crippen LogP contribution in [-0.4, -0.2) is 22.6 Å². The number of anilines is 1. The Morgan fingerprint density at radius 1 is 1.32 bits per heavy atom. The number of nitrogens with two attached hydrogens (primary N) is 1. The quantitative estimate of drug-likeness (QED) is 0.877. The number of rotatable bonds is 6. The van der Waals surface area contributed by atoms with Gasteiger partial charge in [0.1, 0.15) is 0 Å². The highest BCUT2D eigenvalue weighted by Crippen LogP contribution is 2.31. The van der Waals surface area contributed by atoms with E-state index in [9.17, 15) is 0 Å². The topological polar surface area (TPSA) is 55.0 Å². The second-order valence-corrected chi connectivity index (χ2v) is 5.90. The molecule has 0 amide bonds. The van der Waals surface area contributed by atoms with Gasteiger partial charge in [-0.1, -0.05) is 6.07 Å². The highest BCUT2D eigenvalue weighted by atomic mass is 32.1. The summed E-state index contributed by atoms with van der Waals surface area (Å²) in [4.78, 5) is 12.7. The third-order valence-electron chi connectivity index (χ3n) is 3.28. The molecule has 2 aromatic rings. The molecule has 3 rings (SSSR count). The van der Waals surface area contributed by atoms with Gasteiger partial charge in [-0.05, 0) is 42.8 Å². The maximum absolute atomic E-state index is 5.54. The van der Waals surface area contributed by atoms with E-state index < -0.39 is 0 Å². The van der Waals surface area contributed by atoms with Crippen LogP contribution in [-0.2, 0) is 13.0 Å². The van der Waals surface area contributed by atoms with Crippen LogP contribution in [0.15, 0.2) is 29.9 Å². The van der Waals surface area contributed by atoms with Gasteiger partial charge >= 0.3 is 0 Å². The van der Waals surface area contributed by atoms with Crippen LogP contribution < -0.4 is 10.6 Å². The van der Waals surface area contributed by atoms with Gasteiger partial charge in [-0.2, -0.15) is 0 Å². The molecule has 0 aromatic carbocycles. The lowest BCUT2D eigenvalue weighted by Crippen LogP contribution is -2.26. The molecule has 0 atom stereocenters. The first-order valence-electron chi connectivity index (χ1n) is 6.67. The fourth-order valence-corrected chi connectivity index (χ4v) is 2.81. The van der Waals surface area contributed by atoms with E-state index in [2.05, 4.69) is 32.4 Å². The molecule has 0 bridgehead atoms. The first-order valence-corrected chi connectivity index (χ1v) is 7.55. The molecule has 1 aliphatic carbocycles. The molecule has 100 valence electrons. The zero-order chi connectivity index (χ0) is 13.1. The van der Waals surface area contributed by atoms with Crippen molar-refractivity contribution in [2.24, 2.45) is 5.73 Å². The van der Waals surface area contributed by atoms with E-state index in [4.69, 9.17) is 5.73 Å². The van der Waals surface area contributed by atoms with Gasteiger partial charge in [-0.15, -0.1) is 11.3 Å². The first kappa shape index (κ1) is 12.6. The van der Waals surface area contributed by atoms with Crippen LogP contribution in [0.2, 0.25) is 0 Å². The Labute approximate surface area is 117 Å². The van der Waals surface area contributed by atoms with Crippen LogP contribution in [0.1, 0.15) is 23.3 Å². The predicted octanol–water partition coefficient (Wildman–Crippen LogP) is 2.21. The largest absolute Gasteiger partial charge is 0.333 e. The molecule has 0 saturated heterocycles. The molecule has 1 aliphatic rings. The van der Waals surface area contributed by atoms with E-state index in [-0.39, 0.29) is 0 Å². The van der Waals surface area contributed by atoms with Crippen molar-refractivity contribution in [3.63, 3.8) is 0 Å². The lowest BCUT2D eigenvalue weighted by molar-refractivity contribution is 0.762. The molecule has 1 fully saturated rings. The maximum Gasteiger partial charge on any atom is 0.225 e. The Morgan fingerprint density at radius 3 is 2.68 bits per heavy atom. The molecule has 0 spiro atoms. The van der Waals surface area contributed by atoms with Gasteiger partial charge in [-0.3, -0.25) is 0 Å². The first-order chi connectivity index (χ1) is 9.36. The summed E-state index contributed by atoms with van der Waals surface area (Å²) < 4.78 is 0. The minimum atomic E-state index is 0.613. The molecular weight excluding hydrogens is 256 g/mol. The summed E-state index contributed by atoms with van der Waals surface area (Å²) in [6, 6.07) is 4.88. The van der Waals surface area contributed by atoms with Gasteiger partial charge in [0.25, 0.3) is 0 Å². The maximum atomic E-state index is 5.54. The highest BCUT2D eigenvalue weighted by Gasteiger charge is 2.31. The molecule has 4 nitrogen and oxygen atoms in total. The highest BCUT2D eigenvalue weighted by molar-refractivity contribution is 7.09. The molecule has 0 radical (unpaired) electrons. The molecule has 2 N–H and O–H groups in total. The normalized spacial score (nSPS) is 14.6. The fraction of sp³-hybridized carbons (Fsp3) is 0.429. The molecule has 0 aliphatic heterocycles. The lowest BCUT2D eigenvalue weighted by Gasteiger charge is -2.21. The average Bonchev–Trinajstić information content (AvgIpc) is 3.15. The van der Waals surface area contributed by atoms with Crippen LogP contribution in [0.3, 0.4) is 0 Å². The second-order valence-electron chi connectivity index (χ2n) is 4.87. The summed E-state index contributed by atoms with van der Waals surface area (Å²) in [6.07, 6.45) is 7.14. The van der Waals surface area contributed by atoms with Crippen molar-refractivity contribution < 1.29 is 0 Å². The lowest BCUT2D eigenvalue weighted by atomic mass is 10.2. The van der Waals surface area contributed by atoms with Gasteiger partial charge in [0.2, 0.25) is 5.95 Å². The van der Waals surface area contributed by atoms with E-state index >= 15 is 0 Å². The second kappa shape index (κ2) is 5.67. The Bertz CT molecular complexity index is 505. The molecule has 5 heteroatoms. The fourth-order valence-electron chi connectivity index (χ4n) is 2.11. The van der Waals surface area contributed by atoms with Crippen molar-refractivity contribution in [3.8, 4) is 0 Å². The monoisotopic (exact) mass is 274 g/mol. The standard InChI is InChI=1S/C14H18N4S/c15-6-5-11-8-16-14(17-9-11)18(12-3-4-12)10-13-2-1-7-19-13/h1-2,7-9,12H,3-6,10,15H2. The number of aromatic nitrogens is 2. The zero-order valence-corrected chi connectivity index (χ0v) is 11.6. The summed E-state index contributed by atoms with van der Waals surface area (Å²) in [5.74, 6) is 0.844. The van der Waals surface area contributed by atoms with Crippen molar-refractivity contribution in [2.75, 3.05) is 11.4 Å². The molecule has 0 unspecified atom stereocenters. The smallest absolute Gasteiger partial charge is 0.225 e. The summed E-state index contributed by atoms with van der Waals surface area (Å²) in [6.45, 7) is 1.56. The van der Waals surface area contributed by atoms with Gasteiger partial charge in [0.05, 0.1) is 6.54 Å². The number of hydrogen-bond donors (Lipinski definition) is 1. The van der Waals surface area contributed by atoms with Crippen LogP contribution in [0.25, 0.3) is 0 Å². The van der Waals surface area contributed by atoms with Crippen molar-refractivity contribution in [3.05, 3.63) is 40.3 Å². The van der Waals surface area contributed by atoms with E-state index in [1.807, 2.05) is 12.4 Å². The van der Waals surface area contributed by atoms with Gasteiger partial charge < -0.3 is 10.6 Å². The van der Waals surface area contributed by atoms with Crippen molar-refractivity contribution in [1.82, 2.24) is 9.97 Å². The third kappa shape index (κ3) is 3.11. The summed E-state index contributed by atoms with van der Waals surface area (Å²) in [5, 5.41) is 2.12.